The fourth-order valence-electron chi connectivity index (χ4n) is 2.11. The van der Waals surface area contributed by atoms with Gasteiger partial charge in [-0.1, -0.05) is 0 Å². The molecule has 0 amide bonds. The van der Waals surface area contributed by atoms with Gasteiger partial charge in [-0.2, -0.15) is 5.10 Å². The third-order valence-electron chi connectivity index (χ3n) is 2.96. The molecule has 0 spiro atoms. The van der Waals surface area contributed by atoms with Gasteiger partial charge in [0.25, 0.3) is 0 Å². The molecule has 0 bridgehead atoms. The molecule has 0 N–H and O–H groups in total. The maximum Gasteiger partial charge on any atom is 0.166 e. The Kier molecular flexibility index (Phi) is 2.98. The third kappa shape index (κ3) is 2.10. The molecular weight excluding hydrogens is 262 g/mol. The van der Waals surface area contributed by atoms with E-state index in [2.05, 4.69) is 15.1 Å². The smallest absolute Gasteiger partial charge is 0.166 e. The van der Waals surface area contributed by atoms with Crippen LogP contribution >= 0.6 is 11.6 Å². The summed E-state index contributed by atoms with van der Waals surface area (Å²) in [5.41, 5.74) is 2.66. The average molecular weight is 276 g/mol. The van der Waals surface area contributed by atoms with Crippen molar-refractivity contribution in [3.8, 4) is 5.82 Å². The van der Waals surface area contributed by atoms with Gasteiger partial charge in [0.15, 0.2) is 11.5 Å². The molecule has 0 radical (unpaired) electrons. The summed E-state index contributed by atoms with van der Waals surface area (Å²) in [5.74, 6) is 2.24. The summed E-state index contributed by atoms with van der Waals surface area (Å²) in [6.45, 7) is 1.97. The fourth-order valence-corrected chi connectivity index (χ4v) is 2.28. The van der Waals surface area contributed by atoms with E-state index < -0.39 is 0 Å². The monoisotopic (exact) mass is 275 g/mol. The van der Waals surface area contributed by atoms with Gasteiger partial charge in [-0.05, 0) is 19.1 Å². The fraction of sp³-hybridized carbons (Fsp3) is 0.308. The molecule has 6 heteroatoms. The Bertz CT molecular complexity index is 728. The van der Waals surface area contributed by atoms with Crippen LogP contribution in [0.15, 0.2) is 24.4 Å². The minimum absolute atomic E-state index is 0.523. The molecule has 0 saturated carbocycles. The zero-order valence-electron chi connectivity index (χ0n) is 10.8. The van der Waals surface area contributed by atoms with Crippen LogP contribution in [0.4, 0.5) is 0 Å². The van der Waals surface area contributed by atoms with E-state index in [9.17, 15) is 0 Å². The van der Waals surface area contributed by atoms with Crippen molar-refractivity contribution in [2.75, 3.05) is 5.88 Å². The normalized spacial score (nSPS) is 11.3. The highest BCUT2D eigenvalue weighted by molar-refractivity contribution is 6.17. The number of rotatable bonds is 3. The summed E-state index contributed by atoms with van der Waals surface area (Å²) < 4.78 is 3.74. The standard InChI is InChI=1S/C13H14ClN5/c1-9-3-4-10-13(15-9)19(11(16-10)5-7-14)12-6-8-18(2)17-12/h3-4,6,8H,5,7H2,1-2H3. The molecule has 3 heterocycles. The lowest BCUT2D eigenvalue weighted by atomic mass is 10.3. The van der Waals surface area contributed by atoms with Crippen LogP contribution in [0, 0.1) is 6.92 Å². The van der Waals surface area contributed by atoms with Gasteiger partial charge in [-0.3, -0.25) is 9.25 Å². The number of alkyl halides is 1. The van der Waals surface area contributed by atoms with E-state index in [-0.39, 0.29) is 0 Å². The van der Waals surface area contributed by atoms with Gasteiger partial charge in [0.2, 0.25) is 0 Å². The lowest BCUT2D eigenvalue weighted by Gasteiger charge is -2.04. The number of hydrogen-bond donors (Lipinski definition) is 0. The van der Waals surface area contributed by atoms with Crippen molar-refractivity contribution in [1.29, 1.82) is 0 Å². The predicted molar refractivity (Wildman–Crippen MR) is 74.8 cm³/mol. The number of halogens is 1. The first-order valence-corrected chi connectivity index (χ1v) is 6.63. The van der Waals surface area contributed by atoms with Crippen molar-refractivity contribution in [2.45, 2.75) is 13.3 Å². The minimum atomic E-state index is 0.523. The van der Waals surface area contributed by atoms with Gasteiger partial charge in [-0.25, -0.2) is 9.97 Å². The summed E-state index contributed by atoms with van der Waals surface area (Å²) in [7, 11) is 1.89. The second kappa shape index (κ2) is 4.66. The molecule has 19 heavy (non-hydrogen) atoms. The van der Waals surface area contributed by atoms with Gasteiger partial charge in [0.1, 0.15) is 11.3 Å². The molecular formula is C13H14ClN5. The molecule has 0 fully saturated rings. The maximum atomic E-state index is 5.86. The number of aryl methyl sites for hydroxylation is 3. The molecule has 3 aromatic heterocycles. The summed E-state index contributed by atoms with van der Waals surface area (Å²) in [6, 6.07) is 5.89. The van der Waals surface area contributed by atoms with E-state index in [1.165, 1.54) is 0 Å². The Labute approximate surface area is 115 Å². The first-order chi connectivity index (χ1) is 9.19. The Morgan fingerprint density at radius 1 is 1.21 bits per heavy atom. The van der Waals surface area contributed by atoms with Crippen molar-refractivity contribution in [1.82, 2.24) is 24.3 Å². The Morgan fingerprint density at radius 3 is 2.74 bits per heavy atom. The second-order valence-electron chi connectivity index (χ2n) is 4.45. The van der Waals surface area contributed by atoms with Crippen molar-refractivity contribution in [3.63, 3.8) is 0 Å². The summed E-state index contributed by atoms with van der Waals surface area (Å²) in [5, 5.41) is 4.43. The Morgan fingerprint density at radius 2 is 2.05 bits per heavy atom. The van der Waals surface area contributed by atoms with Crippen LogP contribution in [0.2, 0.25) is 0 Å². The average Bonchev–Trinajstić information content (AvgIpc) is 2.93. The Hall–Kier alpha value is -1.88. The molecule has 0 unspecified atom stereocenters. The number of aromatic nitrogens is 5. The molecule has 98 valence electrons. The largest absolute Gasteiger partial charge is 0.274 e. The molecule has 3 aromatic rings. The molecule has 0 saturated heterocycles. The molecule has 0 aromatic carbocycles. The highest BCUT2D eigenvalue weighted by Crippen LogP contribution is 2.20. The van der Waals surface area contributed by atoms with Gasteiger partial charge in [-0.15, -0.1) is 11.6 Å². The number of nitrogens with zero attached hydrogens (tertiary/aromatic N) is 5. The van der Waals surface area contributed by atoms with Crippen LogP contribution in [0.25, 0.3) is 17.0 Å². The quantitative estimate of drug-likeness (QED) is 0.689. The van der Waals surface area contributed by atoms with Crippen LogP contribution in [0.5, 0.6) is 0 Å². The molecule has 0 aliphatic carbocycles. The van der Waals surface area contributed by atoms with E-state index in [0.29, 0.717) is 12.3 Å². The minimum Gasteiger partial charge on any atom is -0.274 e. The van der Waals surface area contributed by atoms with Crippen molar-refractivity contribution in [2.24, 2.45) is 7.05 Å². The predicted octanol–water partition coefficient (Wildman–Crippen LogP) is 2.24. The maximum absolute atomic E-state index is 5.86. The summed E-state index contributed by atoms with van der Waals surface area (Å²) in [6.07, 6.45) is 2.59. The van der Waals surface area contributed by atoms with E-state index in [1.807, 2.05) is 42.9 Å². The van der Waals surface area contributed by atoms with E-state index in [0.717, 1.165) is 28.5 Å². The zero-order chi connectivity index (χ0) is 13.4. The summed E-state index contributed by atoms with van der Waals surface area (Å²) >= 11 is 5.86. The van der Waals surface area contributed by atoms with Crippen LogP contribution in [-0.2, 0) is 13.5 Å². The first-order valence-electron chi connectivity index (χ1n) is 6.10. The SMILES string of the molecule is Cc1ccc2nc(CCCl)n(-c3ccn(C)n3)c2n1. The van der Waals surface area contributed by atoms with Crippen LogP contribution < -0.4 is 0 Å². The zero-order valence-corrected chi connectivity index (χ0v) is 11.6. The van der Waals surface area contributed by atoms with Crippen LogP contribution in [0.1, 0.15) is 11.5 Å². The second-order valence-corrected chi connectivity index (χ2v) is 4.82. The molecule has 3 rings (SSSR count). The highest BCUT2D eigenvalue weighted by Gasteiger charge is 2.15. The van der Waals surface area contributed by atoms with E-state index in [1.54, 1.807) is 4.68 Å². The van der Waals surface area contributed by atoms with Crippen LogP contribution in [0.3, 0.4) is 0 Å². The lowest BCUT2D eigenvalue weighted by Crippen LogP contribution is -2.04. The van der Waals surface area contributed by atoms with Gasteiger partial charge in [0, 0.05) is 37.3 Å². The number of imidazole rings is 1. The molecule has 0 aliphatic heterocycles. The number of fused-ring (bicyclic) bond motifs is 1. The van der Waals surface area contributed by atoms with Crippen molar-refractivity contribution in [3.05, 3.63) is 35.9 Å². The number of pyridine rings is 1. The number of hydrogen-bond acceptors (Lipinski definition) is 3. The molecule has 0 aliphatic rings. The van der Waals surface area contributed by atoms with Gasteiger partial charge < -0.3 is 0 Å². The topological polar surface area (TPSA) is 48.5 Å². The van der Waals surface area contributed by atoms with Crippen LogP contribution in [-0.4, -0.2) is 30.2 Å². The summed E-state index contributed by atoms with van der Waals surface area (Å²) in [4.78, 5) is 9.17. The third-order valence-corrected chi connectivity index (χ3v) is 3.15. The Balaban J connectivity index is 2.29. The molecule has 5 nitrogen and oxygen atoms in total. The van der Waals surface area contributed by atoms with Gasteiger partial charge >= 0.3 is 0 Å². The van der Waals surface area contributed by atoms with Crippen molar-refractivity contribution < 1.29 is 0 Å². The van der Waals surface area contributed by atoms with E-state index >= 15 is 0 Å². The molecule has 0 atom stereocenters. The lowest BCUT2D eigenvalue weighted by molar-refractivity contribution is 0.744. The van der Waals surface area contributed by atoms with Gasteiger partial charge in [0.05, 0.1) is 0 Å². The highest BCUT2D eigenvalue weighted by atomic mass is 35.5. The first kappa shape index (κ1) is 12.2. The van der Waals surface area contributed by atoms with Crippen molar-refractivity contribution >= 4 is 22.8 Å². The van der Waals surface area contributed by atoms with E-state index in [4.69, 9.17) is 11.6 Å².